The van der Waals surface area contributed by atoms with Crippen LogP contribution in [0.2, 0.25) is 0 Å². The van der Waals surface area contributed by atoms with E-state index in [1.807, 2.05) is 28.9 Å². The SMILES string of the molecule is Cc1ccc2ncnc(NC3CCN(C(=O)N4CCCC4)CC3)c2n1. The van der Waals surface area contributed by atoms with Crippen LogP contribution in [0.3, 0.4) is 0 Å². The second kappa shape index (κ2) is 6.82. The van der Waals surface area contributed by atoms with Crippen LogP contribution >= 0.6 is 0 Å². The van der Waals surface area contributed by atoms with Crippen LogP contribution in [-0.4, -0.2) is 63.0 Å². The van der Waals surface area contributed by atoms with Gasteiger partial charge in [-0.05, 0) is 44.7 Å². The molecule has 25 heavy (non-hydrogen) atoms. The first-order valence-corrected chi connectivity index (χ1v) is 9.09. The Morgan fingerprint density at radius 2 is 1.80 bits per heavy atom. The summed E-state index contributed by atoms with van der Waals surface area (Å²) in [5.41, 5.74) is 2.62. The lowest BCUT2D eigenvalue weighted by Gasteiger charge is -2.35. The molecule has 4 heterocycles. The second-order valence-corrected chi connectivity index (χ2v) is 6.93. The fraction of sp³-hybridized carbons (Fsp3) is 0.556. The second-order valence-electron chi connectivity index (χ2n) is 6.93. The molecule has 0 bridgehead atoms. The highest BCUT2D eigenvalue weighted by Gasteiger charge is 2.28. The van der Waals surface area contributed by atoms with E-state index < -0.39 is 0 Å². The number of fused-ring (bicyclic) bond motifs is 1. The Hall–Kier alpha value is -2.44. The molecule has 2 aromatic rings. The molecule has 0 spiro atoms. The molecule has 132 valence electrons. The van der Waals surface area contributed by atoms with E-state index in [2.05, 4.69) is 20.3 Å². The number of aryl methyl sites for hydroxylation is 1. The Bertz CT molecular complexity index is 765. The third-order valence-corrected chi connectivity index (χ3v) is 5.10. The minimum atomic E-state index is 0.209. The Kier molecular flexibility index (Phi) is 4.38. The Balaban J connectivity index is 1.40. The predicted octanol–water partition coefficient (Wildman–Crippen LogP) is 2.43. The number of anilines is 1. The quantitative estimate of drug-likeness (QED) is 0.909. The third kappa shape index (κ3) is 3.36. The van der Waals surface area contributed by atoms with Crippen molar-refractivity contribution in [2.24, 2.45) is 0 Å². The van der Waals surface area contributed by atoms with E-state index in [0.29, 0.717) is 6.04 Å². The zero-order valence-corrected chi connectivity index (χ0v) is 14.6. The highest BCUT2D eigenvalue weighted by molar-refractivity contribution is 5.84. The van der Waals surface area contributed by atoms with Crippen LogP contribution in [0.25, 0.3) is 11.0 Å². The number of hydrogen-bond acceptors (Lipinski definition) is 5. The number of nitrogens with zero attached hydrogens (tertiary/aromatic N) is 5. The van der Waals surface area contributed by atoms with Gasteiger partial charge in [-0.1, -0.05) is 0 Å². The Labute approximate surface area is 147 Å². The molecule has 0 aromatic carbocycles. The van der Waals surface area contributed by atoms with Crippen LogP contribution in [0, 0.1) is 6.92 Å². The summed E-state index contributed by atoms with van der Waals surface area (Å²) in [5, 5.41) is 3.51. The van der Waals surface area contributed by atoms with Gasteiger partial charge in [0.2, 0.25) is 0 Å². The monoisotopic (exact) mass is 340 g/mol. The molecule has 0 atom stereocenters. The van der Waals surface area contributed by atoms with Crippen LogP contribution in [0.4, 0.5) is 10.6 Å². The van der Waals surface area contributed by atoms with E-state index in [1.165, 1.54) is 0 Å². The normalized spacial score (nSPS) is 18.8. The summed E-state index contributed by atoms with van der Waals surface area (Å²) in [4.78, 5) is 29.7. The predicted molar refractivity (Wildman–Crippen MR) is 96.5 cm³/mol. The summed E-state index contributed by atoms with van der Waals surface area (Å²) >= 11 is 0. The van der Waals surface area contributed by atoms with Gasteiger partial charge in [-0.2, -0.15) is 0 Å². The number of urea groups is 1. The van der Waals surface area contributed by atoms with Crippen LogP contribution < -0.4 is 5.32 Å². The lowest BCUT2D eigenvalue weighted by molar-refractivity contribution is 0.150. The van der Waals surface area contributed by atoms with Crippen LogP contribution in [0.1, 0.15) is 31.4 Å². The number of carbonyl (C=O) groups is 1. The van der Waals surface area contributed by atoms with Gasteiger partial charge < -0.3 is 15.1 Å². The van der Waals surface area contributed by atoms with Gasteiger partial charge in [-0.15, -0.1) is 0 Å². The molecule has 0 aliphatic carbocycles. The van der Waals surface area contributed by atoms with Crippen molar-refractivity contribution >= 4 is 22.9 Å². The lowest BCUT2D eigenvalue weighted by atomic mass is 10.1. The Morgan fingerprint density at radius 1 is 1.08 bits per heavy atom. The fourth-order valence-corrected chi connectivity index (χ4v) is 3.66. The number of rotatable bonds is 2. The molecule has 2 aliphatic heterocycles. The largest absolute Gasteiger partial charge is 0.365 e. The van der Waals surface area contributed by atoms with Gasteiger partial charge in [-0.3, -0.25) is 0 Å². The van der Waals surface area contributed by atoms with Gasteiger partial charge in [0, 0.05) is 37.9 Å². The molecule has 2 amide bonds. The first-order chi connectivity index (χ1) is 12.2. The summed E-state index contributed by atoms with van der Waals surface area (Å²) in [6.07, 6.45) is 5.70. The molecule has 0 unspecified atom stereocenters. The van der Waals surface area contributed by atoms with Gasteiger partial charge >= 0.3 is 6.03 Å². The molecule has 2 fully saturated rings. The molecular formula is C18H24N6O. The minimum Gasteiger partial charge on any atom is -0.365 e. The minimum absolute atomic E-state index is 0.209. The maximum absolute atomic E-state index is 12.5. The number of aromatic nitrogens is 3. The number of pyridine rings is 1. The van der Waals surface area contributed by atoms with Gasteiger partial charge in [0.05, 0.1) is 5.52 Å². The van der Waals surface area contributed by atoms with Gasteiger partial charge in [0.15, 0.2) is 5.82 Å². The van der Waals surface area contributed by atoms with Gasteiger partial charge in [0.25, 0.3) is 0 Å². The average Bonchev–Trinajstić information content (AvgIpc) is 3.17. The number of piperidine rings is 1. The number of hydrogen-bond donors (Lipinski definition) is 1. The van der Waals surface area contributed by atoms with Gasteiger partial charge in [0.1, 0.15) is 11.8 Å². The molecule has 2 saturated heterocycles. The van der Waals surface area contributed by atoms with E-state index in [-0.39, 0.29) is 6.03 Å². The zero-order chi connectivity index (χ0) is 17.2. The van der Waals surface area contributed by atoms with Crippen molar-refractivity contribution in [1.29, 1.82) is 0 Å². The topological polar surface area (TPSA) is 74.2 Å². The summed E-state index contributed by atoms with van der Waals surface area (Å²) in [6.45, 7) is 5.38. The van der Waals surface area contributed by atoms with Crippen molar-refractivity contribution in [1.82, 2.24) is 24.8 Å². The maximum atomic E-state index is 12.5. The molecule has 7 nitrogen and oxygen atoms in total. The first kappa shape index (κ1) is 16.1. The van der Waals surface area contributed by atoms with Crippen molar-refractivity contribution in [2.75, 3.05) is 31.5 Å². The van der Waals surface area contributed by atoms with E-state index >= 15 is 0 Å². The first-order valence-electron chi connectivity index (χ1n) is 9.09. The lowest BCUT2D eigenvalue weighted by Crippen LogP contribution is -2.47. The molecular weight excluding hydrogens is 316 g/mol. The summed E-state index contributed by atoms with van der Waals surface area (Å²) in [6, 6.07) is 4.45. The van der Waals surface area contributed by atoms with Crippen molar-refractivity contribution in [3.05, 3.63) is 24.2 Å². The van der Waals surface area contributed by atoms with E-state index in [1.54, 1.807) is 6.33 Å². The third-order valence-electron chi connectivity index (χ3n) is 5.10. The zero-order valence-electron chi connectivity index (χ0n) is 14.6. The average molecular weight is 340 g/mol. The van der Waals surface area contributed by atoms with Crippen molar-refractivity contribution in [2.45, 2.75) is 38.6 Å². The fourth-order valence-electron chi connectivity index (χ4n) is 3.66. The molecule has 0 radical (unpaired) electrons. The number of likely N-dealkylation sites (tertiary alicyclic amines) is 2. The highest BCUT2D eigenvalue weighted by Crippen LogP contribution is 2.22. The number of amides is 2. The van der Waals surface area contributed by atoms with Crippen LogP contribution in [-0.2, 0) is 0 Å². The van der Waals surface area contributed by atoms with Crippen LogP contribution in [0.5, 0.6) is 0 Å². The molecule has 2 aromatic heterocycles. The Morgan fingerprint density at radius 3 is 2.56 bits per heavy atom. The van der Waals surface area contributed by atoms with E-state index in [9.17, 15) is 4.79 Å². The van der Waals surface area contributed by atoms with Gasteiger partial charge in [-0.25, -0.2) is 19.7 Å². The molecule has 2 aliphatic rings. The number of carbonyl (C=O) groups excluding carboxylic acids is 1. The van der Waals surface area contributed by atoms with Crippen molar-refractivity contribution in [3.63, 3.8) is 0 Å². The maximum Gasteiger partial charge on any atom is 0.319 e. The van der Waals surface area contributed by atoms with Crippen LogP contribution in [0.15, 0.2) is 18.5 Å². The number of nitrogens with one attached hydrogen (secondary N) is 1. The van der Waals surface area contributed by atoms with Crippen molar-refractivity contribution in [3.8, 4) is 0 Å². The van der Waals surface area contributed by atoms with E-state index in [4.69, 9.17) is 0 Å². The molecule has 1 N–H and O–H groups in total. The van der Waals surface area contributed by atoms with E-state index in [0.717, 1.165) is 74.4 Å². The standard InChI is InChI=1S/C18H24N6O/c1-13-4-5-15-16(21-13)17(20-12-19-15)22-14-6-10-24(11-7-14)18(25)23-8-2-3-9-23/h4-5,12,14H,2-3,6-11H2,1H3,(H,19,20,22). The summed E-state index contributed by atoms with van der Waals surface area (Å²) < 4.78 is 0. The summed E-state index contributed by atoms with van der Waals surface area (Å²) in [7, 11) is 0. The molecule has 7 heteroatoms. The molecule has 0 saturated carbocycles. The van der Waals surface area contributed by atoms with Crippen molar-refractivity contribution < 1.29 is 4.79 Å². The highest BCUT2D eigenvalue weighted by atomic mass is 16.2. The summed E-state index contributed by atoms with van der Waals surface area (Å²) in [5.74, 6) is 0.790. The molecule has 4 rings (SSSR count). The smallest absolute Gasteiger partial charge is 0.319 e.